The Morgan fingerprint density at radius 1 is 0.419 bits per heavy atom. The molecule has 0 amide bonds. The quantitative estimate of drug-likeness (QED) is 0.166. The normalized spacial score (nSPS) is 19.9. The van der Waals surface area contributed by atoms with Crippen molar-refractivity contribution >= 4 is 11.8 Å². The van der Waals surface area contributed by atoms with E-state index in [2.05, 4.69) is 25.6 Å². The van der Waals surface area contributed by atoms with Gasteiger partial charge in [-0.2, -0.15) is 0 Å². The first-order valence-corrected chi connectivity index (χ1v) is 15.8. The largest absolute Gasteiger partial charge is 0.148 e. The minimum Gasteiger partial charge on any atom is -0.148 e. The zero-order valence-electron chi connectivity index (χ0n) is 21.8. The fourth-order valence-electron chi connectivity index (χ4n) is 6.47. The summed E-state index contributed by atoms with van der Waals surface area (Å²) in [5.41, 5.74) is 0. The highest BCUT2D eigenvalue weighted by Gasteiger charge is 2.44. The third kappa shape index (κ3) is 11.4. The molecular formula is C30H58S. The second kappa shape index (κ2) is 16.9. The zero-order chi connectivity index (χ0) is 22.1. The second-order valence-corrected chi connectivity index (χ2v) is 13.3. The maximum Gasteiger partial charge on any atom is 0.0165 e. The maximum atomic E-state index is 2.56. The van der Waals surface area contributed by atoms with Gasteiger partial charge in [0.25, 0.3) is 0 Å². The van der Waals surface area contributed by atoms with Gasteiger partial charge >= 0.3 is 0 Å². The smallest absolute Gasteiger partial charge is 0.0165 e. The van der Waals surface area contributed by atoms with E-state index in [9.17, 15) is 0 Å². The van der Waals surface area contributed by atoms with Gasteiger partial charge < -0.3 is 0 Å². The van der Waals surface area contributed by atoms with Crippen LogP contribution < -0.4 is 0 Å². The fraction of sp³-hybridized carbons (Fsp3) is 1.00. The van der Waals surface area contributed by atoms with Crippen molar-refractivity contribution < 1.29 is 0 Å². The molecule has 1 heteroatoms. The Labute approximate surface area is 201 Å². The molecule has 0 atom stereocenters. The fourth-order valence-corrected chi connectivity index (χ4v) is 8.86. The van der Waals surface area contributed by atoms with Crippen LogP contribution in [-0.4, -0.2) is 9.49 Å². The van der Waals surface area contributed by atoms with Gasteiger partial charge in [-0.25, -0.2) is 0 Å². The van der Waals surface area contributed by atoms with E-state index in [1.807, 2.05) is 0 Å². The lowest BCUT2D eigenvalue weighted by molar-refractivity contribution is 0.465. The van der Waals surface area contributed by atoms with Gasteiger partial charge in [0.15, 0.2) is 0 Å². The van der Waals surface area contributed by atoms with Crippen LogP contribution in [0.1, 0.15) is 181 Å². The molecule has 0 aliphatic heterocycles. The molecule has 0 radical (unpaired) electrons. The second-order valence-electron chi connectivity index (χ2n) is 11.3. The van der Waals surface area contributed by atoms with Crippen molar-refractivity contribution in [2.24, 2.45) is 0 Å². The van der Waals surface area contributed by atoms with Crippen molar-refractivity contribution in [2.75, 3.05) is 0 Å². The number of hydrogen-bond donors (Lipinski definition) is 0. The maximum absolute atomic E-state index is 2.56. The first-order valence-electron chi connectivity index (χ1n) is 14.9. The summed E-state index contributed by atoms with van der Waals surface area (Å²) in [7, 11) is 0. The van der Waals surface area contributed by atoms with Gasteiger partial charge in [0.1, 0.15) is 0 Å². The Morgan fingerprint density at radius 2 is 0.710 bits per heavy atom. The summed E-state index contributed by atoms with van der Waals surface area (Å²) in [6, 6.07) is 0. The molecule has 184 valence electrons. The van der Waals surface area contributed by atoms with Crippen LogP contribution in [0, 0.1) is 0 Å². The van der Waals surface area contributed by atoms with E-state index in [1.54, 1.807) is 0 Å². The average Bonchev–Trinajstić information content (AvgIpc) is 3.42. The van der Waals surface area contributed by atoms with Crippen LogP contribution in [-0.2, 0) is 0 Å². The van der Waals surface area contributed by atoms with E-state index in [0.717, 1.165) is 0 Å². The molecule has 0 heterocycles. The van der Waals surface area contributed by atoms with Crippen molar-refractivity contribution in [1.29, 1.82) is 0 Å². The monoisotopic (exact) mass is 450 g/mol. The van der Waals surface area contributed by atoms with Gasteiger partial charge in [-0.1, -0.05) is 142 Å². The van der Waals surface area contributed by atoms with Gasteiger partial charge in [-0.3, -0.25) is 0 Å². The number of unbranched alkanes of at least 4 members (excludes halogenated alkanes) is 14. The summed E-state index contributed by atoms with van der Waals surface area (Å²) >= 11 is 2.56. The number of thioether (sulfide) groups is 1. The molecule has 0 nitrogen and oxygen atoms in total. The molecule has 2 aliphatic rings. The lowest BCUT2D eigenvalue weighted by Gasteiger charge is -2.40. The van der Waals surface area contributed by atoms with Crippen molar-refractivity contribution in [3.63, 3.8) is 0 Å². The van der Waals surface area contributed by atoms with Crippen LogP contribution in [0.4, 0.5) is 0 Å². The lowest BCUT2D eigenvalue weighted by Crippen LogP contribution is -2.31. The van der Waals surface area contributed by atoms with Crippen LogP contribution in [0.2, 0.25) is 0 Å². The molecule has 0 aromatic rings. The highest BCUT2D eigenvalue weighted by atomic mass is 32.2. The van der Waals surface area contributed by atoms with E-state index in [0.29, 0.717) is 9.49 Å². The van der Waals surface area contributed by atoms with Gasteiger partial charge in [-0.05, 0) is 38.5 Å². The summed E-state index contributed by atoms with van der Waals surface area (Å²) in [4.78, 5) is 0. The third-order valence-electron chi connectivity index (χ3n) is 8.43. The lowest BCUT2D eigenvalue weighted by atomic mass is 9.96. The molecule has 2 rings (SSSR count). The van der Waals surface area contributed by atoms with E-state index in [1.165, 1.54) is 167 Å². The molecule has 0 aromatic heterocycles. The number of hydrogen-bond acceptors (Lipinski definition) is 1. The standard InChI is InChI=1S/C30H58S/c1-3-5-7-9-11-13-15-17-23-29(25-19-20-26-29)31-30(27-21-22-28-30)24-18-16-14-12-10-8-6-4-2/h3-28H2,1-2H3. The zero-order valence-corrected chi connectivity index (χ0v) is 22.6. The van der Waals surface area contributed by atoms with Crippen LogP contribution in [0.5, 0.6) is 0 Å². The molecular weight excluding hydrogens is 392 g/mol. The first-order chi connectivity index (χ1) is 15.2. The summed E-state index contributed by atoms with van der Waals surface area (Å²) in [5.74, 6) is 0. The molecule has 0 N–H and O–H groups in total. The highest BCUT2D eigenvalue weighted by molar-refractivity contribution is 8.02. The molecule has 2 aliphatic carbocycles. The van der Waals surface area contributed by atoms with Crippen molar-refractivity contribution in [1.82, 2.24) is 0 Å². The Morgan fingerprint density at radius 3 is 1.03 bits per heavy atom. The molecule has 0 aromatic carbocycles. The third-order valence-corrected chi connectivity index (χ3v) is 10.5. The number of rotatable bonds is 20. The van der Waals surface area contributed by atoms with Crippen molar-refractivity contribution in [3.05, 3.63) is 0 Å². The van der Waals surface area contributed by atoms with Gasteiger partial charge in [-0.15, -0.1) is 11.8 Å². The Hall–Kier alpha value is 0.350. The summed E-state index contributed by atoms with van der Waals surface area (Å²) < 4.78 is 1.35. The first kappa shape index (κ1) is 27.6. The summed E-state index contributed by atoms with van der Waals surface area (Å²) in [5, 5.41) is 0. The molecule has 2 fully saturated rings. The molecule has 31 heavy (non-hydrogen) atoms. The van der Waals surface area contributed by atoms with Gasteiger partial charge in [0.05, 0.1) is 0 Å². The Bertz CT molecular complexity index is 365. The topological polar surface area (TPSA) is 0 Å². The van der Waals surface area contributed by atoms with E-state index in [4.69, 9.17) is 0 Å². The highest BCUT2D eigenvalue weighted by Crippen LogP contribution is 2.57. The van der Waals surface area contributed by atoms with E-state index in [-0.39, 0.29) is 0 Å². The van der Waals surface area contributed by atoms with Crippen molar-refractivity contribution in [2.45, 2.75) is 190 Å². The Kier molecular flexibility index (Phi) is 15.0. The molecule has 0 saturated heterocycles. The van der Waals surface area contributed by atoms with Gasteiger partial charge in [0.2, 0.25) is 0 Å². The minimum absolute atomic E-state index is 0.673. The summed E-state index contributed by atoms with van der Waals surface area (Å²) in [6.07, 6.45) is 38.8. The van der Waals surface area contributed by atoms with Gasteiger partial charge in [0, 0.05) is 9.49 Å². The molecule has 0 bridgehead atoms. The van der Waals surface area contributed by atoms with Crippen LogP contribution in [0.15, 0.2) is 0 Å². The average molecular weight is 451 g/mol. The van der Waals surface area contributed by atoms with Crippen LogP contribution >= 0.6 is 11.8 Å². The van der Waals surface area contributed by atoms with Crippen LogP contribution in [0.25, 0.3) is 0 Å². The molecule has 0 unspecified atom stereocenters. The SMILES string of the molecule is CCCCCCCCCCC1(SC2(CCCCCCCCCC)CCCC2)CCCC1. The predicted octanol–water partition coefficient (Wildman–Crippen LogP) is 11.4. The summed E-state index contributed by atoms with van der Waals surface area (Å²) in [6.45, 7) is 4.65. The van der Waals surface area contributed by atoms with E-state index < -0.39 is 0 Å². The minimum atomic E-state index is 0.673. The molecule has 0 spiro atoms. The van der Waals surface area contributed by atoms with Crippen molar-refractivity contribution in [3.8, 4) is 0 Å². The Balaban J connectivity index is 1.68. The van der Waals surface area contributed by atoms with Crippen LogP contribution in [0.3, 0.4) is 0 Å². The predicted molar refractivity (Wildman–Crippen MR) is 144 cm³/mol. The van der Waals surface area contributed by atoms with E-state index >= 15 is 0 Å². The molecule has 2 saturated carbocycles.